The summed E-state index contributed by atoms with van der Waals surface area (Å²) in [5.74, 6) is 0. The van der Waals surface area contributed by atoms with Gasteiger partial charge < -0.3 is 0 Å². The Bertz CT molecular complexity index is 654. The highest BCUT2D eigenvalue weighted by Gasteiger charge is 2.47. The molecule has 0 bridgehead atoms. The van der Waals surface area contributed by atoms with Gasteiger partial charge in [-0.15, -0.1) is 0 Å². The molecule has 2 aromatic carbocycles. The molecule has 24 heavy (non-hydrogen) atoms. The summed E-state index contributed by atoms with van der Waals surface area (Å²) >= 11 is 0. The molecule has 0 radical (unpaired) electrons. The van der Waals surface area contributed by atoms with Gasteiger partial charge in [0.05, 0.1) is 8.07 Å². The van der Waals surface area contributed by atoms with Gasteiger partial charge in [0.2, 0.25) is 0 Å². The highest BCUT2D eigenvalue weighted by atomic mass is 28.4. The van der Waals surface area contributed by atoms with Gasteiger partial charge in [-0.3, -0.25) is 0 Å². The van der Waals surface area contributed by atoms with E-state index in [1.165, 1.54) is 29.3 Å². The third-order valence-electron chi connectivity index (χ3n) is 6.10. The fraction of sp³-hybridized carbons (Fsp3) is 0.545. The van der Waals surface area contributed by atoms with Crippen LogP contribution in [-0.2, 0) is 0 Å². The van der Waals surface area contributed by atoms with Crippen LogP contribution in [0.2, 0.25) is 36.4 Å². The minimum atomic E-state index is -1.62. The third kappa shape index (κ3) is 3.70. The predicted molar refractivity (Wildman–Crippen MR) is 117 cm³/mol. The highest BCUT2D eigenvalue weighted by molar-refractivity contribution is 7.05. The summed E-state index contributed by atoms with van der Waals surface area (Å²) in [6.07, 6.45) is 2.62. The zero-order chi connectivity index (χ0) is 18.0. The van der Waals surface area contributed by atoms with Gasteiger partial charge in [0.15, 0.2) is 0 Å². The van der Waals surface area contributed by atoms with Crippen molar-refractivity contribution in [2.75, 3.05) is 0 Å². The number of fused-ring (bicyclic) bond motifs is 1. The van der Waals surface area contributed by atoms with Crippen molar-refractivity contribution in [2.24, 2.45) is 0 Å². The van der Waals surface area contributed by atoms with E-state index in [1.807, 2.05) is 0 Å². The minimum Gasteiger partial charge on any atom is -0.0697 e. The van der Waals surface area contributed by atoms with Crippen molar-refractivity contribution >= 4 is 32.1 Å². The molecule has 0 spiro atoms. The van der Waals surface area contributed by atoms with Crippen LogP contribution in [0, 0.1) is 0 Å². The molecule has 0 nitrogen and oxygen atoms in total. The zero-order valence-corrected chi connectivity index (χ0v) is 18.8. The first-order chi connectivity index (χ1) is 11.3. The normalized spacial score (nSPS) is 17.5. The maximum absolute atomic E-state index is 2.57. The van der Waals surface area contributed by atoms with Gasteiger partial charge in [-0.25, -0.2) is 0 Å². The molecule has 2 heteroatoms. The summed E-state index contributed by atoms with van der Waals surface area (Å²) in [6.45, 7) is 17.6. The van der Waals surface area contributed by atoms with Crippen LogP contribution in [0.1, 0.15) is 40.5 Å². The smallest absolute Gasteiger partial charge is 0.0697 e. The van der Waals surface area contributed by atoms with Crippen LogP contribution >= 0.6 is 0 Å². The highest BCUT2D eigenvalue weighted by Crippen LogP contribution is 2.43. The second kappa shape index (κ2) is 7.57. The standard InChI is InChI=1S/C22H36Si2/c1-8-18(3)24(19(4)9-2,17-23(5,6)7)22-16-12-14-20-13-10-11-15-21(20)22/h10-16,18-19H,8-9,17H2,1-7H3. The first kappa shape index (κ1) is 19.5. The summed E-state index contributed by atoms with van der Waals surface area (Å²) in [7, 11) is -2.78. The Hall–Kier alpha value is -0.866. The summed E-state index contributed by atoms with van der Waals surface area (Å²) < 4.78 is 0. The van der Waals surface area contributed by atoms with Gasteiger partial charge in [0.1, 0.15) is 0 Å². The van der Waals surface area contributed by atoms with Gasteiger partial charge in [-0.05, 0) is 21.9 Å². The molecular weight excluding hydrogens is 320 g/mol. The molecule has 0 saturated carbocycles. The quantitative estimate of drug-likeness (QED) is 0.470. The molecule has 0 aliphatic carbocycles. The Labute approximate surface area is 151 Å². The lowest BCUT2D eigenvalue weighted by atomic mass is 10.1. The van der Waals surface area contributed by atoms with Gasteiger partial charge >= 0.3 is 0 Å². The summed E-state index contributed by atoms with van der Waals surface area (Å²) in [5, 5.41) is 4.70. The van der Waals surface area contributed by atoms with E-state index >= 15 is 0 Å². The van der Waals surface area contributed by atoms with Gasteiger partial charge in [-0.2, -0.15) is 0 Å². The molecule has 0 aromatic heterocycles. The molecule has 0 amide bonds. The minimum absolute atomic E-state index is 0.838. The SMILES string of the molecule is CCC(C)[Si](C[Si](C)(C)C)(c1cccc2ccccc12)C(C)CC. The molecular formula is C22H36Si2. The van der Waals surface area contributed by atoms with Crippen molar-refractivity contribution in [3.63, 3.8) is 0 Å². The molecule has 0 heterocycles. The molecule has 2 unspecified atom stereocenters. The van der Waals surface area contributed by atoms with Crippen LogP contribution in [0.5, 0.6) is 0 Å². The predicted octanol–water partition coefficient (Wildman–Crippen LogP) is 6.97. The third-order valence-corrected chi connectivity index (χ3v) is 18.5. The van der Waals surface area contributed by atoms with E-state index in [0.717, 1.165) is 11.1 Å². The van der Waals surface area contributed by atoms with Gasteiger partial charge in [0, 0.05) is 8.07 Å². The second-order valence-corrected chi connectivity index (χ2v) is 20.0. The lowest BCUT2D eigenvalue weighted by Gasteiger charge is -2.46. The Balaban J connectivity index is 2.80. The molecule has 0 aliphatic heterocycles. The van der Waals surface area contributed by atoms with Crippen molar-refractivity contribution in [3.05, 3.63) is 42.5 Å². The lowest BCUT2D eigenvalue weighted by molar-refractivity contribution is 0.764. The number of benzene rings is 2. The summed E-state index contributed by atoms with van der Waals surface area (Å²) in [6, 6.07) is 16.2. The van der Waals surface area contributed by atoms with Crippen LogP contribution in [0.4, 0.5) is 0 Å². The van der Waals surface area contributed by atoms with Crippen LogP contribution < -0.4 is 5.19 Å². The maximum atomic E-state index is 2.57. The Kier molecular flexibility index (Phi) is 6.14. The Morgan fingerprint density at radius 1 is 0.792 bits per heavy atom. The molecule has 2 rings (SSSR count). The number of rotatable bonds is 7. The van der Waals surface area contributed by atoms with E-state index in [-0.39, 0.29) is 0 Å². The monoisotopic (exact) mass is 356 g/mol. The first-order valence-electron chi connectivity index (χ1n) is 9.74. The lowest BCUT2D eigenvalue weighted by Crippen LogP contribution is -2.58. The van der Waals surface area contributed by atoms with E-state index in [4.69, 9.17) is 0 Å². The molecule has 0 fully saturated rings. The summed E-state index contributed by atoms with van der Waals surface area (Å²) in [4.78, 5) is 0. The number of hydrogen-bond donors (Lipinski definition) is 0. The average molecular weight is 357 g/mol. The van der Waals surface area contributed by atoms with Crippen molar-refractivity contribution in [2.45, 2.75) is 76.9 Å². The first-order valence-corrected chi connectivity index (χ1v) is 15.8. The molecule has 2 aromatic rings. The zero-order valence-electron chi connectivity index (χ0n) is 16.8. The van der Waals surface area contributed by atoms with Crippen molar-refractivity contribution in [1.82, 2.24) is 0 Å². The van der Waals surface area contributed by atoms with E-state index in [1.54, 1.807) is 5.19 Å². The van der Waals surface area contributed by atoms with E-state index in [0.29, 0.717) is 0 Å². The average Bonchev–Trinajstić information content (AvgIpc) is 2.57. The Morgan fingerprint density at radius 3 is 1.88 bits per heavy atom. The van der Waals surface area contributed by atoms with E-state index < -0.39 is 16.1 Å². The van der Waals surface area contributed by atoms with Gasteiger partial charge in [-0.1, -0.05) is 113 Å². The maximum Gasteiger partial charge on any atom is 0.0905 e. The molecule has 132 valence electrons. The molecule has 0 N–H and O–H groups in total. The fourth-order valence-electron chi connectivity index (χ4n) is 4.70. The van der Waals surface area contributed by atoms with E-state index in [2.05, 4.69) is 89.8 Å². The van der Waals surface area contributed by atoms with Crippen LogP contribution in [0.3, 0.4) is 0 Å². The van der Waals surface area contributed by atoms with Crippen LogP contribution in [-0.4, -0.2) is 16.1 Å². The molecule has 0 saturated heterocycles. The topological polar surface area (TPSA) is 0 Å². The molecule has 2 atom stereocenters. The van der Waals surface area contributed by atoms with Crippen molar-refractivity contribution in [1.29, 1.82) is 0 Å². The fourth-order valence-corrected chi connectivity index (χ4v) is 19.9. The van der Waals surface area contributed by atoms with Gasteiger partial charge in [0.25, 0.3) is 0 Å². The summed E-state index contributed by atoms with van der Waals surface area (Å²) in [5.41, 5.74) is 3.19. The Morgan fingerprint density at radius 2 is 1.33 bits per heavy atom. The van der Waals surface area contributed by atoms with Crippen molar-refractivity contribution < 1.29 is 0 Å². The van der Waals surface area contributed by atoms with E-state index in [9.17, 15) is 0 Å². The number of hydrogen-bond acceptors (Lipinski definition) is 0. The second-order valence-electron chi connectivity index (χ2n) is 8.92. The largest absolute Gasteiger partial charge is 0.0905 e. The van der Waals surface area contributed by atoms with Crippen LogP contribution in [0.15, 0.2) is 42.5 Å². The van der Waals surface area contributed by atoms with Crippen molar-refractivity contribution in [3.8, 4) is 0 Å². The molecule has 0 aliphatic rings. The van der Waals surface area contributed by atoms with Crippen LogP contribution in [0.25, 0.3) is 10.8 Å².